The molecule has 0 radical (unpaired) electrons. The van der Waals surface area contributed by atoms with E-state index in [1.54, 1.807) is 47.4 Å². The first-order valence-corrected chi connectivity index (χ1v) is 9.98. The Labute approximate surface area is 172 Å². The molecule has 152 valence electrons. The van der Waals surface area contributed by atoms with E-state index in [9.17, 15) is 9.59 Å². The number of nitrogens with zero attached hydrogens (tertiary/aromatic N) is 5. The van der Waals surface area contributed by atoms with Gasteiger partial charge in [-0.1, -0.05) is 6.07 Å². The average Bonchev–Trinajstić information content (AvgIpc) is 2.79. The molecule has 0 unspecified atom stereocenters. The van der Waals surface area contributed by atoms with Gasteiger partial charge in [0.1, 0.15) is 5.82 Å². The summed E-state index contributed by atoms with van der Waals surface area (Å²) in [6.45, 7) is 4.57. The highest BCUT2D eigenvalue weighted by atomic mass is 16.5. The zero-order chi connectivity index (χ0) is 20.5. The summed E-state index contributed by atoms with van der Waals surface area (Å²) in [6, 6.07) is 10.6. The van der Waals surface area contributed by atoms with Crippen LogP contribution in [-0.2, 0) is 11.3 Å². The second kappa shape index (κ2) is 7.81. The summed E-state index contributed by atoms with van der Waals surface area (Å²) >= 11 is 0. The van der Waals surface area contributed by atoms with E-state index in [1.165, 1.54) is 4.57 Å². The summed E-state index contributed by atoms with van der Waals surface area (Å²) in [4.78, 5) is 37.2. The van der Waals surface area contributed by atoms with Gasteiger partial charge in [-0.25, -0.2) is 9.97 Å². The van der Waals surface area contributed by atoms with Crippen LogP contribution in [0.1, 0.15) is 0 Å². The predicted molar refractivity (Wildman–Crippen MR) is 114 cm³/mol. The van der Waals surface area contributed by atoms with Crippen LogP contribution in [-0.4, -0.2) is 56.9 Å². The maximum atomic E-state index is 13.1. The second-order valence-corrected chi connectivity index (χ2v) is 7.30. The third-order valence-electron chi connectivity index (χ3n) is 5.47. The zero-order valence-corrected chi connectivity index (χ0v) is 16.4. The Morgan fingerprint density at radius 3 is 2.43 bits per heavy atom. The van der Waals surface area contributed by atoms with Crippen LogP contribution in [0.15, 0.2) is 64.6 Å². The van der Waals surface area contributed by atoms with Gasteiger partial charge in [-0.05, 0) is 30.3 Å². The van der Waals surface area contributed by atoms with E-state index in [0.717, 1.165) is 32.8 Å². The lowest BCUT2D eigenvalue weighted by Crippen LogP contribution is -2.39. The standard InChI is InChI=1S/C22H21N5O3/c28-21-16-15-17-19(5-8-27(22(17)29)20-3-1-2-6-23-20)24-18(16)4-7-26(21)10-9-25-11-13-30-14-12-25/h1-8,15H,9-14H2. The van der Waals surface area contributed by atoms with Crippen LogP contribution >= 0.6 is 0 Å². The van der Waals surface area contributed by atoms with Crippen LogP contribution in [0.2, 0.25) is 0 Å². The topological polar surface area (TPSA) is 82.2 Å². The van der Waals surface area contributed by atoms with Gasteiger partial charge in [0, 0.05) is 44.8 Å². The van der Waals surface area contributed by atoms with Crippen molar-refractivity contribution in [1.29, 1.82) is 0 Å². The first-order valence-electron chi connectivity index (χ1n) is 9.98. The minimum atomic E-state index is -0.247. The van der Waals surface area contributed by atoms with Crippen molar-refractivity contribution in [2.24, 2.45) is 0 Å². The third-order valence-corrected chi connectivity index (χ3v) is 5.47. The molecule has 0 N–H and O–H groups in total. The van der Waals surface area contributed by atoms with E-state index < -0.39 is 0 Å². The molecule has 0 aliphatic carbocycles. The van der Waals surface area contributed by atoms with Crippen molar-refractivity contribution in [2.45, 2.75) is 6.54 Å². The Hall–Kier alpha value is -3.36. The molecular formula is C22H21N5O3. The fourth-order valence-corrected chi connectivity index (χ4v) is 3.79. The minimum absolute atomic E-state index is 0.136. The van der Waals surface area contributed by atoms with Gasteiger partial charge in [-0.2, -0.15) is 0 Å². The van der Waals surface area contributed by atoms with Gasteiger partial charge < -0.3 is 9.30 Å². The van der Waals surface area contributed by atoms with Crippen molar-refractivity contribution in [1.82, 2.24) is 24.0 Å². The highest BCUT2D eigenvalue weighted by molar-refractivity contribution is 5.91. The van der Waals surface area contributed by atoms with E-state index in [-0.39, 0.29) is 11.1 Å². The lowest BCUT2D eigenvalue weighted by Gasteiger charge is -2.26. The summed E-state index contributed by atoms with van der Waals surface area (Å²) in [6.07, 6.45) is 5.08. The molecule has 8 nitrogen and oxygen atoms in total. The lowest BCUT2D eigenvalue weighted by atomic mass is 10.2. The molecular weight excluding hydrogens is 382 g/mol. The summed E-state index contributed by atoms with van der Waals surface area (Å²) in [5.74, 6) is 0.528. The quantitative estimate of drug-likeness (QED) is 0.480. The number of fused-ring (bicyclic) bond motifs is 2. The maximum absolute atomic E-state index is 13.1. The fourth-order valence-electron chi connectivity index (χ4n) is 3.79. The smallest absolute Gasteiger partial charge is 0.265 e. The first kappa shape index (κ1) is 18.7. The number of pyridine rings is 4. The van der Waals surface area contributed by atoms with E-state index in [2.05, 4.69) is 14.9 Å². The number of rotatable bonds is 4. The molecule has 0 aromatic carbocycles. The number of aromatic nitrogens is 4. The SMILES string of the molecule is O=c1c2cc3c(=O)n(-c4ccccn4)ccc3nc2ccn1CCN1CCOCC1. The molecule has 1 aliphatic rings. The van der Waals surface area contributed by atoms with E-state index in [0.29, 0.717) is 34.2 Å². The van der Waals surface area contributed by atoms with Crippen LogP contribution < -0.4 is 11.1 Å². The molecule has 1 fully saturated rings. The van der Waals surface area contributed by atoms with Gasteiger partial charge in [0.15, 0.2) is 0 Å². The normalized spacial score (nSPS) is 15.1. The number of ether oxygens (including phenoxy) is 1. The van der Waals surface area contributed by atoms with Gasteiger partial charge in [0.25, 0.3) is 11.1 Å². The van der Waals surface area contributed by atoms with Gasteiger partial charge in [0.05, 0.1) is 35.0 Å². The van der Waals surface area contributed by atoms with Crippen molar-refractivity contribution >= 4 is 21.8 Å². The highest BCUT2D eigenvalue weighted by Crippen LogP contribution is 2.15. The van der Waals surface area contributed by atoms with Crippen molar-refractivity contribution in [3.63, 3.8) is 0 Å². The highest BCUT2D eigenvalue weighted by Gasteiger charge is 2.13. The Balaban J connectivity index is 1.56. The number of hydrogen-bond acceptors (Lipinski definition) is 6. The second-order valence-electron chi connectivity index (χ2n) is 7.30. The molecule has 1 aliphatic heterocycles. The minimum Gasteiger partial charge on any atom is -0.379 e. The summed E-state index contributed by atoms with van der Waals surface area (Å²) in [5.41, 5.74) is 0.766. The van der Waals surface area contributed by atoms with Gasteiger partial charge >= 0.3 is 0 Å². The Morgan fingerprint density at radius 1 is 0.900 bits per heavy atom. The van der Waals surface area contributed by atoms with E-state index in [1.807, 2.05) is 12.1 Å². The largest absolute Gasteiger partial charge is 0.379 e. The van der Waals surface area contributed by atoms with E-state index in [4.69, 9.17) is 4.74 Å². The van der Waals surface area contributed by atoms with Crippen LogP contribution in [0.5, 0.6) is 0 Å². The molecule has 0 spiro atoms. The van der Waals surface area contributed by atoms with Gasteiger partial charge in [-0.3, -0.25) is 19.1 Å². The zero-order valence-electron chi connectivity index (χ0n) is 16.4. The van der Waals surface area contributed by atoms with Crippen molar-refractivity contribution in [3.8, 4) is 5.82 Å². The van der Waals surface area contributed by atoms with Crippen LogP contribution in [0.3, 0.4) is 0 Å². The summed E-state index contributed by atoms with van der Waals surface area (Å²) in [5, 5.41) is 0.849. The fraction of sp³-hybridized carbons (Fsp3) is 0.273. The molecule has 1 saturated heterocycles. The summed E-state index contributed by atoms with van der Waals surface area (Å²) < 4.78 is 8.53. The molecule has 0 saturated carbocycles. The lowest BCUT2D eigenvalue weighted by molar-refractivity contribution is 0.0363. The van der Waals surface area contributed by atoms with Crippen molar-refractivity contribution in [2.75, 3.05) is 32.8 Å². The molecule has 8 heteroatoms. The van der Waals surface area contributed by atoms with Crippen molar-refractivity contribution in [3.05, 3.63) is 75.7 Å². The Morgan fingerprint density at radius 2 is 1.67 bits per heavy atom. The Kier molecular flexibility index (Phi) is 4.86. The molecule has 0 bridgehead atoms. The first-order chi connectivity index (χ1) is 14.7. The molecule has 4 aromatic rings. The van der Waals surface area contributed by atoms with Crippen LogP contribution in [0, 0.1) is 0 Å². The van der Waals surface area contributed by atoms with Gasteiger partial charge in [0.2, 0.25) is 0 Å². The number of hydrogen-bond donors (Lipinski definition) is 0. The van der Waals surface area contributed by atoms with Gasteiger partial charge in [-0.15, -0.1) is 0 Å². The predicted octanol–water partition coefficient (Wildman–Crippen LogP) is 1.43. The molecule has 0 atom stereocenters. The molecule has 0 amide bonds. The molecule has 30 heavy (non-hydrogen) atoms. The summed E-state index contributed by atoms with van der Waals surface area (Å²) in [7, 11) is 0. The molecule has 5 heterocycles. The van der Waals surface area contributed by atoms with E-state index >= 15 is 0 Å². The average molecular weight is 403 g/mol. The maximum Gasteiger partial charge on any atom is 0.265 e. The third kappa shape index (κ3) is 3.40. The molecule has 4 aromatic heterocycles. The Bertz CT molecular complexity index is 1320. The van der Waals surface area contributed by atoms with Crippen LogP contribution in [0.4, 0.5) is 0 Å². The molecule has 5 rings (SSSR count). The number of morpholine rings is 1. The van der Waals surface area contributed by atoms with Crippen molar-refractivity contribution < 1.29 is 4.74 Å². The van der Waals surface area contributed by atoms with Crippen LogP contribution in [0.25, 0.3) is 27.6 Å². The monoisotopic (exact) mass is 403 g/mol.